The van der Waals surface area contributed by atoms with Crippen molar-refractivity contribution in [1.29, 1.82) is 0 Å². The minimum Gasteiger partial charge on any atom is -0.487 e. The van der Waals surface area contributed by atoms with Gasteiger partial charge in [-0.25, -0.2) is 0 Å². The number of carbonyl (C=O) groups excluding carboxylic acids is 1. The van der Waals surface area contributed by atoms with Crippen molar-refractivity contribution < 1.29 is 13.9 Å². The topological polar surface area (TPSA) is 55.6 Å². The molecule has 1 atom stereocenters. The lowest BCUT2D eigenvalue weighted by Gasteiger charge is -2.16. The molecule has 1 saturated heterocycles. The summed E-state index contributed by atoms with van der Waals surface area (Å²) in [5.74, 6) is 0.839. The third-order valence-corrected chi connectivity index (χ3v) is 4.38. The lowest BCUT2D eigenvalue weighted by molar-refractivity contribution is 0.0743. The van der Waals surface area contributed by atoms with E-state index in [0.29, 0.717) is 29.6 Å². The summed E-state index contributed by atoms with van der Waals surface area (Å²) >= 11 is 6.06. The van der Waals surface area contributed by atoms with E-state index in [9.17, 15) is 4.79 Å². The van der Waals surface area contributed by atoms with Crippen molar-refractivity contribution in [2.75, 3.05) is 13.1 Å². The van der Waals surface area contributed by atoms with Crippen molar-refractivity contribution in [3.05, 3.63) is 59.6 Å². The van der Waals surface area contributed by atoms with Crippen molar-refractivity contribution in [1.82, 2.24) is 9.88 Å². The molecule has 1 amide bonds. The first-order valence-electron chi connectivity index (χ1n) is 7.75. The largest absolute Gasteiger partial charge is 0.487 e. The molecule has 0 bridgehead atoms. The summed E-state index contributed by atoms with van der Waals surface area (Å²) in [6, 6.07) is 11.1. The average Bonchev–Trinajstić information content (AvgIpc) is 3.23. The number of rotatable bonds is 3. The molecule has 122 valence electrons. The SMILES string of the molecule is O=C(c1cc2ccccc2o1)N1CC[C@@H](Oc2ccncc2Cl)C1. The minimum atomic E-state index is -0.113. The maximum Gasteiger partial charge on any atom is 0.289 e. The van der Waals surface area contributed by atoms with E-state index in [-0.39, 0.29) is 12.0 Å². The molecule has 5 nitrogen and oxygen atoms in total. The van der Waals surface area contributed by atoms with Crippen LogP contribution in [0, 0.1) is 0 Å². The van der Waals surface area contributed by atoms with Gasteiger partial charge in [0.1, 0.15) is 22.5 Å². The number of aromatic nitrogens is 1. The molecule has 6 heteroatoms. The van der Waals surface area contributed by atoms with Crippen LogP contribution in [0.15, 0.2) is 53.2 Å². The van der Waals surface area contributed by atoms with E-state index in [1.54, 1.807) is 29.4 Å². The molecule has 0 saturated carbocycles. The zero-order valence-corrected chi connectivity index (χ0v) is 13.6. The standard InChI is InChI=1S/C18H15ClN2O3/c19-14-10-20-7-5-16(14)23-13-6-8-21(11-13)18(22)17-9-12-3-1-2-4-15(12)24-17/h1-5,7,9-10,13H,6,8,11H2/t13-/m1/s1. The normalized spacial score (nSPS) is 17.4. The summed E-state index contributed by atoms with van der Waals surface area (Å²) in [5, 5.41) is 1.40. The molecule has 1 aromatic carbocycles. The lowest BCUT2D eigenvalue weighted by atomic mass is 10.2. The van der Waals surface area contributed by atoms with Crippen LogP contribution in [0.3, 0.4) is 0 Å². The fourth-order valence-electron chi connectivity index (χ4n) is 2.89. The van der Waals surface area contributed by atoms with E-state index < -0.39 is 0 Å². The van der Waals surface area contributed by atoms with Gasteiger partial charge in [0.15, 0.2) is 5.76 Å². The van der Waals surface area contributed by atoms with Gasteiger partial charge in [-0.1, -0.05) is 29.8 Å². The first-order valence-corrected chi connectivity index (χ1v) is 8.12. The van der Waals surface area contributed by atoms with E-state index >= 15 is 0 Å². The van der Waals surface area contributed by atoms with Crippen molar-refractivity contribution in [2.24, 2.45) is 0 Å². The van der Waals surface area contributed by atoms with Gasteiger partial charge < -0.3 is 14.1 Å². The predicted molar refractivity (Wildman–Crippen MR) is 90.4 cm³/mol. The quantitative estimate of drug-likeness (QED) is 0.727. The number of hydrogen-bond donors (Lipinski definition) is 0. The third kappa shape index (κ3) is 2.83. The minimum absolute atomic E-state index is 0.0850. The Balaban J connectivity index is 1.46. The highest BCUT2D eigenvalue weighted by molar-refractivity contribution is 6.31. The fourth-order valence-corrected chi connectivity index (χ4v) is 3.05. The van der Waals surface area contributed by atoms with Gasteiger partial charge in [0.05, 0.1) is 6.54 Å². The van der Waals surface area contributed by atoms with Crippen LogP contribution in [0.5, 0.6) is 5.75 Å². The number of pyridine rings is 1. The summed E-state index contributed by atoms with van der Waals surface area (Å²) in [6.07, 6.45) is 3.85. The van der Waals surface area contributed by atoms with E-state index in [1.165, 1.54) is 0 Å². The Morgan fingerprint density at radius 1 is 1.33 bits per heavy atom. The Hall–Kier alpha value is -2.53. The first kappa shape index (κ1) is 15.0. The smallest absolute Gasteiger partial charge is 0.289 e. The van der Waals surface area contributed by atoms with Crippen LogP contribution in [-0.2, 0) is 0 Å². The first-order chi connectivity index (χ1) is 11.7. The zero-order valence-electron chi connectivity index (χ0n) is 12.8. The number of hydrogen-bond acceptors (Lipinski definition) is 4. The molecule has 0 N–H and O–H groups in total. The molecule has 1 aliphatic heterocycles. The average molecular weight is 343 g/mol. The summed E-state index contributed by atoms with van der Waals surface area (Å²) < 4.78 is 11.5. The van der Waals surface area contributed by atoms with E-state index in [2.05, 4.69) is 4.98 Å². The number of benzene rings is 1. The van der Waals surface area contributed by atoms with Crippen LogP contribution < -0.4 is 4.74 Å². The highest BCUT2D eigenvalue weighted by atomic mass is 35.5. The Bertz CT molecular complexity index is 860. The molecule has 4 rings (SSSR count). The van der Waals surface area contributed by atoms with Gasteiger partial charge >= 0.3 is 0 Å². The Morgan fingerprint density at radius 2 is 2.21 bits per heavy atom. The van der Waals surface area contributed by atoms with Crippen LogP contribution in [0.1, 0.15) is 17.0 Å². The van der Waals surface area contributed by atoms with Crippen LogP contribution in [-0.4, -0.2) is 35.0 Å². The highest BCUT2D eigenvalue weighted by Crippen LogP contribution is 2.27. The predicted octanol–water partition coefficient (Wildman–Crippen LogP) is 3.77. The molecule has 1 fully saturated rings. The monoisotopic (exact) mass is 342 g/mol. The molecular weight excluding hydrogens is 328 g/mol. The van der Waals surface area contributed by atoms with Crippen LogP contribution in [0.2, 0.25) is 5.02 Å². The van der Waals surface area contributed by atoms with Gasteiger partial charge in [-0.2, -0.15) is 0 Å². The van der Waals surface area contributed by atoms with Crippen molar-refractivity contribution in [3.63, 3.8) is 0 Å². The molecule has 2 aromatic heterocycles. The number of nitrogens with zero attached hydrogens (tertiary/aromatic N) is 2. The number of furan rings is 1. The van der Waals surface area contributed by atoms with Gasteiger partial charge in [-0.05, 0) is 12.1 Å². The van der Waals surface area contributed by atoms with Gasteiger partial charge in [0.2, 0.25) is 0 Å². The molecule has 0 spiro atoms. The zero-order chi connectivity index (χ0) is 16.5. The fraction of sp³-hybridized carbons (Fsp3) is 0.222. The molecule has 3 aromatic rings. The molecule has 0 radical (unpaired) electrons. The number of ether oxygens (including phenoxy) is 1. The summed E-state index contributed by atoms with van der Waals surface area (Å²) in [4.78, 5) is 18.3. The molecule has 24 heavy (non-hydrogen) atoms. The van der Waals surface area contributed by atoms with Gasteiger partial charge in [-0.15, -0.1) is 0 Å². The number of likely N-dealkylation sites (tertiary alicyclic amines) is 1. The maximum absolute atomic E-state index is 12.6. The number of amides is 1. The maximum atomic E-state index is 12.6. The molecular formula is C18H15ClN2O3. The van der Waals surface area contributed by atoms with Crippen LogP contribution in [0.4, 0.5) is 0 Å². The van der Waals surface area contributed by atoms with Crippen molar-refractivity contribution in [2.45, 2.75) is 12.5 Å². The number of halogens is 1. The molecule has 0 unspecified atom stereocenters. The van der Waals surface area contributed by atoms with Crippen LogP contribution >= 0.6 is 11.6 Å². The second kappa shape index (κ2) is 6.17. The molecule has 0 aliphatic carbocycles. The number of para-hydroxylation sites is 1. The Kier molecular flexibility index (Phi) is 3.86. The number of fused-ring (bicyclic) bond motifs is 1. The van der Waals surface area contributed by atoms with Crippen molar-refractivity contribution >= 4 is 28.5 Å². The molecule has 3 heterocycles. The van der Waals surface area contributed by atoms with E-state index in [1.807, 2.05) is 24.3 Å². The summed E-state index contributed by atoms with van der Waals surface area (Å²) in [5.41, 5.74) is 0.719. The van der Waals surface area contributed by atoms with Gasteiger partial charge in [-0.3, -0.25) is 9.78 Å². The summed E-state index contributed by atoms with van der Waals surface area (Å²) in [7, 11) is 0. The third-order valence-electron chi connectivity index (χ3n) is 4.10. The molecule has 1 aliphatic rings. The Morgan fingerprint density at radius 3 is 3.04 bits per heavy atom. The van der Waals surface area contributed by atoms with Crippen molar-refractivity contribution in [3.8, 4) is 5.75 Å². The number of carbonyl (C=O) groups is 1. The van der Waals surface area contributed by atoms with Gasteiger partial charge in [0, 0.05) is 36.8 Å². The van der Waals surface area contributed by atoms with Crippen LogP contribution in [0.25, 0.3) is 11.0 Å². The lowest BCUT2D eigenvalue weighted by Crippen LogP contribution is -2.30. The van der Waals surface area contributed by atoms with E-state index in [0.717, 1.165) is 17.4 Å². The second-order valence-corrected chi connectivity index (χ2v) is 6.14. The second-order valence-electron chi connectivity index (χ2n) is 5.73. The highest BCUT2D eigenvalue weighted by Gasteiger charge is 2.30. The Labute approximate surface area is 143 Å². The van der Waals surface area contributed by atoms with E-state index in [4.69, 9.17) is 20.8 Å². The van der Waals surface area contributed by atoms with Gasteiger partial charge in [0.25, 0.3) is 5.91 Å². The summed E-state index contributed by atoms with van der Waals surface area (Å²) in [6.45, 7) is 1.14.